The molecule has 0 saturated carbocycles. The summed E-state index contributed by atoms with van der Waals surface area (Å²) in [6, 6.07) is 12.8. The van der Waals surface area contributed by atoms with Crippen molar-refractivity contribution in [3.63, 3.8) is 0 Å². The molecule has 0 aliphatic heterocycles. The summed E-state index contributed by atoms with van der Waals surface area (Å²) >= 11 is 12.0. The Labute approximate surface area is 116 Å². The van der Waals surface area contributed by atoms with Gasteiger partial charge < -0.3 is 5.32 Å². The number of benzene rings is 2. The molecule has 2 nitrogen and oxygen atoms in total. The summed E-state index contributed by atoms with van der Waals surface area (Å²) in [5.41, 5.74) is 3.27. The van der Waals surface area contributed by atoms with Crippen LogP contribution < -0.4 is 5.32 Å². The highest BCUT2D eigenvalue weighted by Gasteiger charge is 2.04. The number of hydrogen-bond donors (Lipinski definition) is 1. The molecule has 2 aromatic rings. The molecule has 0 heterocycles. The van der Waals surface area contributed by atoms with Crippen LogP contribution in [0.2, 0.25) is 10.0 Å². The second-order valence-corrected chi connectivity index (χ2v) is 4.73. The third-order valence-corrected chi connectivity index (χ3v) is 3.10. The fourth-order valence-electron chi connectivity index (χ4n) is 1.60. The van der Waals surface area contributed by atoms with Crippen LogP contribution in [0.15, 0.2) is 36.4 Å². The molecule has 0 atom stereocenters. The van der Waals surface area contributed by atoms with Gasteiger partial charge in [-0.1, -0.05) is 23.2 Å². The molecular formula is C14H10Cl2N2. The molecule has 1 N–H and O–H groups in total. The Balaban J connectivity index is 2.32. The Morgan fingerprint density at radius 2 is 1.78 bits per heavy atom. The first-order valence-corrected chi connectivity index (χ1v) is 6.08. The second-order valence-electron chi connectivity index (χ2n) is 3.89. The molecule has 0 saturated heterocycles. The average molecular weight is 277 g/mol. The van der Waals surface area contributed by atoms with Crippen LogP contribution in [0.4, 0.5) is 11.4 Å². The summed E-state index contributed by atoms with van der Waals surface area (Å²) in [5, 5.41) is 13.2. The highest BCUT2D eigenvalue weighted by atomic mass is 35.5. The van der Waals surface area contributed by atoms with E-state index in [-0.39, 0.29) is 0 Å². The molecule has 0 amide bonds. The van der Waals surface area contributed by atoms with E-state index < -0.39 is 0 Å². The number of anilines is 2. The van der Waals surface area contributed by atoms with Gasteiger partial charge in [-0.2, -0.15) is 5.26 Å². The molecule has 0 radical (unpaired) electrons. The molecule has 0 aromatic heterocycles. The van der Waals surface area contributed by atoms with E-state index in [2.05, 4.69) is 5.32 Å². The van der Waals surface area contributed by atoms with Gasteiger partial charge in [0.05, 0.1) is 22.3 Å². The van der Waals surface area contributed by atoms with E-state index in [1.807, 2.05) is 31.2 Å². The summed E-state index contributed by atoms with van der Waals surface area (Å²) in [7, 11) is 0. The van der Waals surface area contributed by atoms with Gasteiger partial charge in [-0.25, -0.2) is 0 Å². The fraction of sp³-hybridized carbons (Fsp3) is 0.0714. The first-order valence-electron chi connectivity index (χ1n) is 5.33. The normalized spacial score (nSPS) is 9.89. The van der Waals surface area contributed by atoms with Gasteiger partial charge in [-0.05, 0) is 48.9 Å². The van der Waals surface area contributed by atoms with Crippen molar-refractivity contribution < 1.29 is 0 Å². The lowest BCUT2D eigenvalue weighted by atomic mass is 10.1. The van der Waals surface area contributed by atoms with Crippen molar-refractivity contribution in [2.75, 3.05) is 5.32 Å². The Morgan fingerprint density at radius 3 is 2.39 bits per heavy atom. The third kappa shape index (κ3) is 2.76. The van der Waals surface area contributed by atoms with Crippen molar-refractivity contribution >= 4 is 34.6 Å². The van der Waals surface area contributed by atoms with Crippen molar-refractivity contribution in [1.82, 2.24) is 0 Å². The van der Waals surface area contributed by atoms with Crippen LogP contribution in [0.5, 0.6) is 0 Å². The molecule has 18 heavy (non-hydrogen) atoms. The predicted molar refractivity (Wildman–Crippen MR) is 75.6 cm³/mol. The standard InChI is InChI=1S/C14H10Cl2N2/c1-9-6-11(15)3-5-13(9)18-14-4-2-10(8-17)7-12(14)16/h2-7,18H,1H3. The number of halogens is 2. The smallest absolute Gasteiger partial charge is 0.0992 e. The van der Waals surface area contributed by atoms with E-state index in [1.54, 1.807) is 18.2 Å². The summed E-state index contributed by atoms with van der Waals surface area (Å²) in [6.07, 6.45) is 0. The first kappa shape index (κ1) is 12.8. The van der Waals surface area contributed by atoms with Crippen molar-refractivity contribution in [2.45, 2.75) is 6.92 Å². The topological polar surface area (TPSA) is 35.8 Å². The summed E-state index contributed by atoms with van der Waals surface area (Å²) in [6.45, 7) is 1.96. The van der Waals surface area contributed by atoms with Crippen molar-refractivity contribution in [2.24, 2.45) is 0 Å². The Morgan fingerprint density at radius 1 is 1.06 bits per heavy atom. The predicted octanol–water partition coefficient (Wildman–Crippen LogP) is 4.92. The number of nitrogens with zero attached hydrogens (tertiary/aromatic N) is 1. The van der Waals surface area contributed by atoms with E-state index >= 15 is 0 Å². The largest absolute Gasteiger partial charge is 0.354 e. The van der Waals surface area contributed by atoms with Crippen LogP contribution in [0, 0.1) is 18.3 Å². The van der Waals surface area contributed by atoms with Gasteiger partial charge in [0.25, 0.3) is 0 Å². The molecule has 4 heteroatoms. The Kier molecular flexibility index (Phi) is 3.76. The molecule has 0 aliphatic carbocycles. The minimum atomic E-state index is 0.517. The van der Waals surface area contributed by atoms with Gasteiger partial charge in [0.15, 0.2) is 0 Å². The minimum Gasteiger partial charge on any atom is -0.354 e. The maximum absolute atomic E-state index is 8.77. The third-order valence-electron chi connectivity index (χ3n) is 2.56. The van der Waals surface area contributed by atoms with Gasteiger partial charge in [-0.15, -0.1) is 0 Å². The highest BCUT2D eigenvalue weighted by Crippen LogP contribution is 2.28. The van der Waals surface area contributed by atoms with Gasteiger partial charge in [0, 0.05) is 10.7 Å². The van der Waals surface area contributed by atoms with E-state index in [0.29, 0.717) is 15.6 Å². The van der Waals surface area contributed by atoms with Crippen LogP contribution >= 0.6 is 23.2 Å². The van der Waals surface area contributed by atoms with E-state index in [4.69, 9.17) is 28.5 Å². The number of hydrogen-bond acceptors (Lipinski definition) is 2. The molecule has 2 aromatic carbocycles. The summed E-state index contributed by atoms with van der Waals surface area (Å²) < 4.78 is 0. The zero-order valence-electron chi connectivity index (χ0n) is 9.67. The zero-order chi connectivity index (χ0) is 13.1. The highest BCUT2D eigenvalue weighted by molar-refractivity contribution is 6.33. The van der Waals surface area contributed by atoms with Gasteiger partial charge in [0.2, 0.25) is 0 Å². The van der Waals surface area contributed by atoms with Crippen LogP contribution in [0.3, 0.4) is 0 Å². The van der Waals surface area contributed by atoms with Crippen LogP contribution in [0.25, 0.3) is 0 Å². The summed E-state index contributed by atoms with van der Waals surface area (Å²) in [5.74, 6) is 0. The molecular weight excluding hydrogens is 267 g/mol. The van der Waals surface area contributed by atoms with Crippen LogP contribution in [0.1, 0.15) is 11.1 Å². The minimum absolute atomic E-state index is 0.517. The molecule has 90 valence electrons. The van der Waals surface area contributed by atoms with Gasteiger partial charge >= 0.3 is 0 Å². The van der Waals surface area contributed by atoms with E-state index in [9.17, 15) is 0 Å². The number of nitrogens with one attached hydrogen (secondary N) is 1. The molecule has 0 aliphatic rings. The average Bonchev–Trinajstić information content (AvgIpc) is 2.34. The lowest BCUT2D eigenvalue weighted by Crippen LogP contribution is -1.94. The van der Waals surface area contributed by atoms with E-state index in [0.717, 1.165) is 16.9 Å². The molecule has 0 unspecified atom stereocenters. The lowest BCUT2D eigenvalue weighted by Gasteiger charge is -2.11. The first-order chi connectivity index (χ1) is 8.60. The molecule has 0 fully saturated rings. The monoisotopic (exact) mass is 276 g/mol. The lowest BCUT2D eigenvalue weighted by molar-refractivity contribution is 1.42. The molecule has 2 rings (SSSR count). The number of aryl methyl sites for hydroxylation is 1. The zero-order valence-corrected chi connectivity index (χ0v) is 11.2. The van der Waals surface area contributed by atoms with E-state index in [1.165, 1.54) is 0 Å². The van der Waals surface area contributed by atoms with Gasteiger partial charge in [-0.3, -0.25) is 0 Å². The maximum Gasteiger partial charge on any atom is 0.0992 e. The number of rotatable bonds is 2. The van der Waals surface area contributed by atoms with Gasteiger partial charge in [0.1, 0.15) is 0 Å². The Hall–Kier alpha value is -1.69. The second kappa shape index (κ2) is 5.30. The molecule has 0 bridgehead atoms. The van der Waals surface area contributed by atoms with Crippen molar-refractivity contribution in [3.8, 4) is 6.07 Å². The summed E-state index contributed by atoms with van der Waals surface area (Å²) in [4.78, 5) is 0. The van der Waals surface area contributed by atoms with Crippen molar-refractivity contribution in [3.05, 3.63) is 57.6 Å². The number of nitriles is 1. The SMILES string of the molecule is Cc1cc(Cl)ccc1Nc1ccc(C#N)cc1Cl. The fourth-order valence-corrected chi connectivity index (χ4v) is 2.05. The maximum atomic E-state index is 8.77. The van der Waals surface area contributed by atoms with Crippen LogP contribution in [-0.2, 0) is 0 Å². The Bertz CT molecular complexity index is 630. The quantitative estimate of drug-likeness (QED) is 0.845. The molecule has 0 spiro atoms. The van der Waals surface area contributed by atoms with Crippen molar-refractivity contribution in [1.29, 1.82) is 5.26 Å². The van der Waals surface area contributed by atoms with Crippen LogP contribution in [-0.4, -0.2) is 0 Å².